The molecule has 1 atom stereocenters. The highest BCUT2D eigenvalue weighted by molar-refractivity contribution is 5.79. The third kappa shape index (κ3) is 3.77. The Kier molecular flexibility index (Phi) is 4.68. The summed E-state index contributed by atoms with van der Waals surface area (Å²) in [6.45, 7) is 0.948. The Labute approximate surface area is 116 Å². The van der Waals surface area contributed by atoms with E-state index in [1.807, 2.05) is 0 Å². The van der Waals surface area contributed by atoms with E-state index >= 15 is 0 Å². The summed E-state index contributed by atoms with van der Waals surface area (Å²) in [5, 5.41) is 8.73. The number of morpholine rings is 1. The molecule has 1 fully saturated rings. The monoisotopic (exact) mass is 281 g/mol. The van der Waals surface area contributed by atoms with Gasteiger partial charge in [-0.05, 0) is 11.6 Å². The molecule has 0 spiro atoms. The first kappa shape index (κ1) is 14.5. The minimum atomic E-state index is -0.960. The van der Waals surface area contributed by atoms with Crippen LogP contribution in [0.4, 0.5) is 4.39 Å². The van der Waals surface area contributed by atoms with E-state index < -0.39 is 17.9 Å². The standard InChI is InChI=1S/C14H16FNO4/c15-12-4-2-1-3-10(12)7-13(17)16-5-6-20-11(9-16)8-14(18)19/h1-4,11H,5-9H2,(H,18,19). The van der Waals surface area contributed by atoms with Gasteiger partial charge in [0.25, 0.3) is 0 Å². The molecule has 1 amide bonds. The minimum absolute atomic E-state index is 0.0214. The predicted octanol–water partition coefficient (Wildman–Crippen LogP) is 1.07. The first-order valence-corrected chi connectivity index (χ1v) is 6.41. The van der Waals surface area contributed by atoms with Gasteiger partial charge in [-0.1, -0.05) is 18.2 Å². The molecule has 1 aliphatic rings. The van der Waals surface area contributed by atoms with Crippen molar-refractivity contribution in [3.63, 3.8) is 0 Å². The quantitative estimate of drug-likeness (QED) is 0.896. The summed E-state index contributed by atoms with van der Waals surface area (Å²) < 4.78 is 18.8. The van der Waals surface area contributed by atoms with Gasteiger partial charge in [-0.3, -0.25) is 9.59 Å². The fourth-order valence-corrected chi connectivity index (χ4v) is 2.18. The molecule has 6 heteroatoms. The molecular weight excluding hydrogens is 265 g/mol. The number of carboxylic acids is 1. The Balaban J connectivity index is 1.95. The molecule has 5 nitrogen and oxygen atoms in total. The van der Waals surface area contributed by atoms with Crippen LogP contribution in [-0.4, -0.2) is 47.7 Å². The first-order valence-electron chi connectivity index (χ1n) is 6.41. The predicted molar refractivity (Wildman–Crippen MR) is 68.7 cm³/mol. The summed E-state index contributed by atoms with van der Waals surface area (Å²) in [5.41, 5.74) is 0.346. The number of hydrogen-bond donors (Lipinski definition) is 1. The van der Waals surface area contributed by atoms with Gasteiger partial charge in [0.2, 0.25) is 5.91 Å². The smallest absolute Gasteiger partial charge is 0.306 e. The van der Waals surface area contributed by atoms with E-state index in [0.717, 1.165) is 0 Å². The highest BCUT2D eigenvalue weighted by atomic mass is 19.1. The van der Waals surface area contributed by atoms with E-state index in [9.17, 15) is 14.0 Å². The third-order valence-electron chi connectivity index (χ3n) is 3.19. The summed E-state index contributed by atoms with van der Waals surface area (Å²) in [6.07, 6.45) is -0.651. The molecule has 1 aromatic rings. The van der Waals surface area contributed by atoms with Gasteiger partial charge < -0.3 is 14.7 Å². The van der Waals surface area contributed by atoms with Crippen molar-refractivity contribution in [1.82, 2.24) is 4.90 Å². The normalized spacial score (nSPS) is 18.9. The minimum Gasteiger partial charge on any atom is -0.481 e. The zero-order valence-electron chi connectivity index (χ0n) is 10.9. The summed E-state index contributed by atoms with van der Waals surface area (Å²) in [6, 6.07) is 6.14. The number of amides is 1. The van der Waals surface area contributed by atoms with Crippen LogP contribution in [0.5, 0.6) is 0 Å². The molecule has 1 unspecified atom stereocenters. The molecule has 1 aromatic carbocycles. The molecule has 0 aromatic heterocycles. The lowest BCUT2D eigenvalue weighted by molar-refractivity contribution is -0.147. The van der Waals surface area contributed by atoms with Crippen molar-refractivity contribution in [1.29, 1.82) is 0 Å². The highest BCUT2D eigenvalue weighted by Crippen LogP contribution is 2.13. The molecule has 0 saturated carbocycles. The van der Waals surface area contributed by atoms with Crippen molar-refractivity contribution in [3.8, 4) is 0 Å². The Morgan fingerprint density at radius 1 is 1.40 bits per heavy atom. The highest BCUT2D eigenvalue weighted by Gasteiger charge is 2.26. The van der Waals surface area contributed by atoms with Crippen molar-refractivity contribution in [2.75, 3.05) is 19.7 Å². The van der Waals surface area contributed by atoms with Crippen molar-refractivity contribution >= 4 is 11.9 Å². The zero-order valence-corrected chi connectivity index (χ0v) is 10.9. The average Bonchev–Trinajstić information content (AvgIpc) is 2.41. The van der Waals surface area contributed by atoms with Crippen LogP contribution in [0, 0.1) is 5.82 Å². The van der Waals surface area contributed by atoms with Gasteiger partial charge in [0.15, 0.2) is 0 Å². The topological polar surface area (TPSA) is 66.8 Å². The van der Waals surface area contributed by atoms with Crippen LogP contribution in [0.15, 0.2) is 24.3 Å². The second kappa shape index (κ2) is 6.47. The Hall–Kier alpha value is -1.95. The molecule has 0 radical (unpaired) electrons. The third-order valence-corrected chi connectivity index (χ3v) is 3.19. The average molecular weight is 281 g/mol. The molecule has 2 rings (SSSR count). The van der Waals surface area contributed by atoms with E-state index in [-0.39, 0.29) is 25.3 Å². The number of halogens is 1. The number of nitrogens with zero attached hydrogens (tertiary/aromatic N) is 1. The molecule has 0 aliphatic carbocycles. The van der Waals surface area contributed by atoms with Crippen LogP contribution in [0.3, 0.4) is 0 Å². The number of carbonyl (C=O) groups excluding carboxylic acids is 1. The maximum atomic E-state index is 13.5. The maximum Gasteiger partial charge on any atom is 0.306 e. The Morgan fingerprint density at radius 3 is 2.85 bits per heavy atom. The summed E-state index contributed by atoms with van der Waals surface area (Å²) >= 11 is 0. The molecular formula is C14H16FNO4. The van der Waals surface area contributed by atoms with Crippen LogP contribution in [0.25, 0.3) is 0 Å². The zero-order chi connectivity index (χ0) is 14.5. The largest absolute Gasteiger partial charge is 0.481 e. The van der Waals surface area contributed by atoms with E-state index in [0.29, 0.717) is 18.7 Å². The van der Waals surface area contributed by atoms with Crippen LogP contribution in [0.2, 0.25) is 0 Å². The number of carbonyl (C=O) groups is 2. The molecule has 108 valence electrons. The van der Waals surface area contributed by atoms with Crippen LogP contribution in [0.1, 0.15) is 12.0 Å². The van der Waals surface area contributed by atoms with Crippen molar-refractivity contribution in [2.45, 2.75) is 18.9 Å². The van der Waals surface area contributed by atoms with Gasteiger partial charge in [-0.25, -0.2) is 4.39 Å². The molecule has 1 saturated heterocycles. The number of ether oxygens (including phenoxy) is 1. The van der Waals surface area contributed by atoms with Crippen molar-refractivity contribution < 1.29 is 23.8 Å². The van der Waals surface area contributed by atoms with Gasteiger partial charge in [-0.15, -0.1) is 0 Å². The molecule has 1 heterocycles. The second-order valence-corrected chi connectivity index (χ2v) is 4.70. The lowest BCUT2D eigenvalue weighted by atomic mass is 10.1. The fourth-order valence-electron chi connectivity index (χ4n) is 2.18. The van der Waals surface area contributed by atoms with Crippen molar-refractivity contribution in [2.24, 2.45) is 0 Å². The number of carboxylic acid groups (broad SMARTS) is 1. The Bertz CT molecular complexity index is 506. The second-order valence-electron chi connectivity index (χ2n) is 4.70. The molecule has 1 N–H and O–H groups in total. The lowest BCUT2D eigenvalue weighted by Gasteiger charge is -2.32. The van der Waals surface area contributed by atoms with Gasteiger partial charge in [0, 0.05) is 13.1 Å². The number of benzene rings is 1. The van der Waals surface area contributed by atoms with Crippen LogP contribution >= 0.6 is 0 Å². The molecule has 0 bridgehead atoms. The van der Waals surface area contributed by atoms with Gasteiger partial charge in [-0.2, -0.15) is 0 Å². The maximum absolute atomic E-state index is 13.5. The summed E-state index contributed by atoms with van der Waals surface area (Å²) in [4.78, 5) is 24.3. The van der Waals surface area contributed by atoms with Crippen LogP contribution in [-0.2, 0) is 20.7 Å². The van der Waals surface area contributed by atoms with E-state index in [2.05, 4.69) is 0 Å². The van der Waals surface area contributed by atoms with E-state index in [1.165, 1.54) is 11.0 Å². The van der Waals surface area contributed by atoms with Crippen molar-refractivity contribution in [3.05, 3.63) is 35.6 Å². The number of rotatable bonds is 4. The first-order chi connectivity index (χ1) is 9.56. The SMILES string of the molecule is O=C(O)CC1CN(C(=O)Cc2ccccc2F)CCO1. The van der Waals surface area contributed by atoms with Crippen LogP contribution < -0.4 is 0 Å². The fraction of sp³-hybridized carbons (Fsp3) is 0.429. The van der Waals surface area contributed by atoms with Gasteiger partial charge in [0.1, 0.15) is 5.82 Å². The van der Waals surface area contributed by atoms with Gasteiger partial charge in [0.05, 0.1) is 25.6 Å². The molecule has 1 aliphatic heterocycles. The summed E-state index contributed by atoms with van der Waals surface area (Å²) in [7, 11) is 0. The molecule has 20 heavy (non-hydrogen) atoms. The van der Waals surface area contributed by atoms with Gasteiger partial charge >= 0.3 is 5.97 Å². The van der Waals surface area contributed by atoms with E-state index in [1.54, 1.807) is 18.2 Å². The number of aliphatic carboxylic acids is 1. The Morgan fingerprint density at radius 2 is 2.15 bits per heavy atom. The number of hydrogen-bond acceptors (Lipinski definition) is 3. The lowest BCUT2D eigenvalue weighted by Crippen LogP contribution is -2.46. The van der Waals surface area contributed by atoms with E-state index in [4.69, 9.17) is 9.84 Å². The summed E-state index contributed by atoms with van der Waals surface area (Å²) in [5.74, 6) is -1.58.